The lowest BCUT2D eigenvalue weighted by molar-refractivity contribution is -0.122. The summed E-state index contributed by atoms with van der Waals surface area (Å²) in [5, 5.41) is 11.9. The molecule has 0 unspecified atom stereocenters. The Hall–Kier alpha value is -3.61. The van der Waals surface area contributed by atoms with E-state index in [4.69, 9.17) is 4.74 Å². The minimum Gasteiger partial charge on any atom is -0.507 e. The lowest BCUT2D eigenvalue weighted by Gasteiger charge is -2.26. The van der Waals surface area contributed by atoms with Crippen molar-refractivity contribution in [1.29, 1.82) is 0 Å². The molecule has 0 atom stereocenters. The van der Waals surface area contributed by atoms with Gasteiger partial charge in [0.15, 0.2) is 0 Å². The number of phenolic OH excluding ortho intramolecular Hbond substituents is 1. The van der Waals surface area contributed by atoms with E-state index >= 15 is 0 Å². The van der Waals surface area contributed by atoms with E-state index in [1.54, 1.807) is 30.3 Å². The van der Waals surface area contributed by atoms with E-state index in [1.165, 1.54) is 31.4 Å². The first-order chi connectivity index (χ1) is 12.0. The van der Waals surface area contributed by atoms with Crippen molar-refractivity contribution in [3.8, 4) is 11.5 Å². The van der Waals surface area contributed by atoms with Gasteiger partial charge in [-0.15, -0.1) is 0 Å². The number of nitrogens with zero attached hydrogens (tertiary/aromatic N) is 1. The first kappa shape index (κ1) is 16.3. The maximum absolute atomic E-state index is 12.7. The van der Waals surface area contributed by atoms with Crippen LogP contribution in [0.15, 0.2) is 54.1 Å². The molecule has 0 bridgehead atoms. The second kappa shape index (κ2) is 6.48. The molecule has 0 aromatic heterocycles. The third-order valence-corrected chi connectivity index (χ3v) is 3.67. The highest BCUT2D eigenvalue weighted by molar-refractivity contribution is 6.39. The summed E-state index contributed by atoms with van der Waals surface area (Å²) in [6.45, 7) is 0. The van der Waals surface area contributed by atoms with E-state index in [0.29, 0.717) is 17.0 Å². The maximum Gasteiger partial charge on any atom is 0.335 e. The number of urea groups is 1. The van der Waals surface area contributed by atoms with E-state index in [0.717, 1.165) is 4.90 Å². The van der Waals surface area contributed by atoms with Crippen molar-refractivity contribution < 1.29 is 24.2 Å². The third-order valence-electron chi connectivity index (χ3n) is 3.67. The Kier molecular flexibility index (Phi) is 4.21. The van der Waals surface area contributed by atoms with Crippen LogP contribution >= 0.6 is 0 Å². The number of benzene rings is 2. The SMILES string of the molecule is COc1ccc(N2C(=O)NC(=O)/C(=C\c3ccccc3O)C2=O)cc1. The average molecular weight is 338 g/mol. The van der Waals surface area contributed by atoms with Crippen LogP contribution in [0.2, 0.25) is 0 Å². The van der Waals surface area contributed by atoms with Gasteiger partial charge in [-0.05, 0) is 36.4 Å². The van der Waals surface area contributed by atoms with Gasteiger partial charge in [0.2, 0.25) is 0 Å². The Morgan fingerprint density at radius 1 is 1.04 bits per heavy atom. The van der Waals surface area contributed by atoms with Gasteiger partial charge in [0.1, 0.15) is 17.1 Å². The van der Waals surface area contributed by atoms with E-state index in [2.05, 4.69) is 5.32 Å². The van der Waals surface area contributed by atoms with Gasteiger partial charge in [0.05, 0.1) is 12.8 Å². The molecular weight excluding hydrogens is 324 g/mol. The fourth-order valence-electron chi connectivity index (χ4n) is 2.39. The smallest absolute Gasteiger partial charge is 0.335 e. The van der Waals surface area contributed by atoms with Crippen LogP contribution in [0.5, 0.6) is 11.5 Å². The molecule has 1 fully saturated rings. The molecule has 7 heteroatoms. The summed E-state index contributed by atoms with van der Waals surface area (Å²) in [6.07, 6.45) is 1.25. The number of imide groups is 2. The van der Waals surface area contributed by atoms with Gasteiger partial charge in [-0.3, -0.25) is 14.9 Å². The van der Waals surface area contributed by atoms with E-state index in [-0.39, 0.29) is 11.3 Å². The second-order valence-corrected chi connectivity index (χ2v) is 5.21. The summed E-state index contributed by atoms with van der Waals surface area (Å²) in [6, 6.07) is 11.7. The molecule has 2 aromatic rings. The predicted octanol–water partition coefficient (Wildman–Crippen LogP) is 2.07. The molecule has 0 spiro atoms. The van der Waals surface area contributed by atoms with Crippen LogP contribution in [0.1, 0.15) is 5.56 Å². The van der Waals surface area contributed by atoms with E-state index in [9.17, 15) is 19.5 Å². The number of phenols is 1. The van der Waals surface area contributed by atoms with Crippen LogP contribution in [0.4, 0.5) is 10.5 Å². The predicted molar refractivity (Wildman–Crippen MR) is 90.1 cm³/mol. The van der Waals surface area contributed by atoms with Crippen molar-refractivity contribution >= 4 is 29.6 Å². The molecule has 1 saturated heterocycles. The first-order valence-electron chi connectivity index (χ1n) is 7.35. The number of hydrogen-bond donors (Lipinski definition) is 2. The highest BCUT2D eigenvalue weighted by atomic mass is 16.5. The van der Waals surface area contributed by atoms with E-state index in [1.807, 2.05) is 0 Å². The minimum absolute atomic E-state index is 0.0801. The normalized spacial score (nSPS) is 16.1. The van der Waals surface area contributed by atoms with Gasteiger partial charge >= 0.3 is 6.03 Å². The molecule has 1 aliphatic rings. The molecule has 1 aliphatic heterocycles. The fourth-order valence-corrected chi connectivity index (χ4v) is 2.39. The summed E-state index contributed by atoms with van der Waals surface area (Å²) < 4.78 is 5.04. The molecule has 3 rings (SSSR count). The number of anilines is 1. The topological polar surface area (TPSA) is 95.9 Å². The quantitative estimate of drug-likeness (QED) is 0.660. The third kappa shape index (κ3) is 3.07. The number of hydrogen-bond acceptors (Lipinski definition) is 5. The number of nitrogens with one attached hydrogen (secondary N) is 1. The maximum atomic E-state index is 12.7. The summed E-state index contributed by atoms with van der Waals surface area (Å²) >= 11 is 0. The number of rotatable bonds is 3. The van der Waals surface area contributed by atoms with Gasteiger partial charge in [-0.2, -0.15) is 0 Å². The average Bonchev–Trinajstić information content (AvgIpc) is 2.60. The molecule has 4 amide bonds. The van der Waals surface area contributed by atoms with E-state index < -0.39 is 17.8 Å². The van der Waals surface area contributed by atoms with Gasteiger partial charge < -0.3 is 9.84 Å². The zero-order chi connectivity index (χ0) is 18.0. The van der Waals surface area contributed by atoms with Crippen molar-refractivity contribution in [2.45, 2.75) is 0 Å². The highest BCUT2D eigenvalue weighted by Gasteiger charge is 2.36. The molecule has 7 nitrogen and oxygen atoms in total. The molecule has 25 heavy (non-hydrogen) atoms. The number of ether oxygens (including phenoxy) is 1. The van der Waals surface area contributed by atoms with Crippen LogP contribution < -0.4 is 15.0 Å². The van der Waals surface area contributed by atoms with Crippen molar-refractivity contribution in [2.24, 2.45) is 0 Å². The molecule has 0 saturated carbocycles. The lowest BCUT2D eigenvalue weighted by atomic mass is 10.1. The second-order valence-electron chi connectivity index (χ2n) is 5.21. The number of para-hydroxylation sites is 1. The lowest BCUT2D eigenvalue weighted by Crippen LogP contribution is -2.54. The number of aromatic hydroxyl groups is 1. The van der Waals surface area contributed by atoms with Gasteiger partial charge in [0, 0.05) is 5.56 Å². The Morgan fingerprint density at radius 2 is 1.72 bits per heavy atom. The standard InChI is InChI=1S/C18H14N2O5/c1-25-13-8-6-12(7-9-13)20-17(23)14(16(22)19-18(20)24)10-11-4-2-3-5-15(11)21/h2-10,21H,1H3,(H,19,22,24)/b14-10+. The van der Waals surface area contributed by atoms with Gasteiger partial charge in [0.25, 0.3) is 11.8 Å². The summed E-state index contributed by atoms with van der Waals surface area (Å²) in [7, 11) is 1.50. The molecule has 126 valence electrons. The van der Waals surface area contributed by atoms with Gasteiger partial charge in [-0.25, -0.2) is 9.69 Å². The number of carbonyl (C=O) groups is 3. The zero-order valence-electron chi connectivity index (χ0n) is 13.2. The molecular formula is C18H14N2O5. The Morgan fingerprint density at radius 3 is 2.36 bits per heavy atom. The molecule has 0 aliphatic carbocycles. The van der Waals surface area contributed by atoms with Crippen LogP contribution in [-0.2, 0) is 9.59 Å². The van der Waals surface area contributed by atoms with Crippen molar-refractivity contribution in [2.75, 3.05) is 12.0 Å². The monoisotopic (exact) mass is 338 g/mol. The van der Waals surface area contributed by atoms with Crippen molar-refractivity contribution in [1.82, 2.24) is 5.32 Å². The van der Waals surface area contributed by atoms with Crippen LogP contribution in [0, 0.1) is 0 Å². The highest BCUT2D eigenvalue weighted by Crippen LogP contribution is 2.25. The zero-order valence-corrected chi connectivity index (χ0v) is 13.2. The molecule has 2 N–H and O–H groups in total. The summed E-state index contributed by atoms with van der Waals surface area (Å²) in [4.78, 5) is 37.7. The van der Waals surface area contributed by atoms with Crippen molar-refractivity contribution in [3.05, 3.63) is 59.7 Å². The Balaban J connectivity index is 2.01. The molecule has 1 heterocycles. The first-order valence-corrected chi connectivity index (χ1v) is 7.35. The number of methoxy groups -OCH3 is 1. The van der Waals surface area contributed by atoms with Crippen LogP contribution in [-0.4, -0.2) is 30.1 Å². The van der Waals surface area contributed by atoms with Crippen molar-refractivity contribution in [3.63, 3.8) is 0 Å². The number of barbiturate groups is 1. The largest absolute Gasteiger partial charge is 0.507 e. The van der Waals surface area contributed by atoms with Crippen LogP contribution in [0.25, 0.3) is 6.08 Å². The Bertz CT molecular complexity index is 887. The Labute approximate surface area is 143 Å². The summed E-state index contributed by atoms with van der Waals surface area (Å²) in [5.74, 6) is -1.11. The summed E-state index contributed by atoms with van der Waals surface area (Å²) in [5.41, 5.74) is 0.334. The molecule has 0 radical (unpaired) electrons. The minimum atomic E-state index is -0.838. The fraction of sp³-hybridized carbons (Fsp3) is 0.0556. The van der Waals surface area contributed by atoms with Gasteiger partial charge in [-0.1, -0.05) is 18.2 Å². The van der Waals surface area contributed by atoms with Crippen LogP contribution in [0.3, 0.4) is 0 Å². The number of amides is 4. The number of carbonyl (C=O) groups excluding carboxylic acids is 3. The molecule has 2 aromatic carbocycles.